The molecule has 1 aliphatic rings. The largest absolute Gasteiger partial charge is 0.384 e. The van der Waals surface area contributed by atoms with Crippen molar-refractivity contribution >= 4 is 28.9 Å². The number of anilines is 1. The highest BCUT2D eigenvalue weighted by molar-refractivity contribution is 6.34. The fourth-order valence-corrected chi connectivity index (χ4v) is 3.26. The third-order valence-electron chi connectivity index (χ3n) is 4.35. The van der Waals surface area contributed by atoms with Gasteiger partial charge in [-0.1, -0.05) is 49.9 Å². The van der Waals surface area contributed by atoms with Gasteiger partial charge in [-0.15, -0.1) is 0 Å². The van der Waals surface area contributed by atoms with E-state index in [1.165, 1.54) is 12.8 Å². The summed E-state index contributed by atoms with van der Waals surface area (Å²) in [6.07, 6.45) is 4.59. The van der Waals surface area contributed by atoms with Crippen molar-refractivity contribution in [2.24, 2.45) is 0 Å². The highest BCUT2D eigenvalue weighted by Gasteiger charge is 2.31. The maximum Gasteiger partial charge on any atom is 0.196 e. The highest BCUT2D eigenvalue weighted by Crippen LogP contribution is 2.33. The van der Waals surface area contributed by atoms with E-state index >= 15 is 0 Å². The van der Waals surface area contributed by atoms with E-state index in [0.29, 0.717) is 27.3 Å². The molecule has 0 saturated heterocycles. The Morgan fingerprint density at radius 3 is 2.54 bits per heavy atom. The maximum atomic E-state index is 12.9. The van der Waals surface area contributed by atoms with Crippen LogP contribution in [0.15, 0.2) is 36.4 Å². The van der Waals surface area contributed by atoms with E-state index in [1.807, 2.05) is 12.1 Å². The monoisotopic (exact) mass is 341 g/mol. The molecule has 0 heterocycles. The first-order valence-electron chi connectivity index (χ1n) is 8.39. The standard InChI is InChI=1S/C20H20ClNO2/c1-2-3-4-5-11-22-17-8-6-7-15-18(17)20(24)16-12-13(21)9-10-14(16)19(15)23/h6-10,12,22H,2-5,11H2,1H3. The summed E-state index contributed by atoms with van der Waals surface area (Å²) in [7, 11) is 0. The molecule has 0 radical (unpaired) electrons. The minimum Gasteiger partial charge on any atom is -0.384 e. The molecule has 0 unspecified atom stereocenters. The molecule has 0 fully saturated rings. The van der Waals surface area contributed by atoms with Gasteiger partial charge in [0.2, 0.25) is 0 Å². The van der Waals surface area contributed by atoms with Crippen LogP contribution in [0.5, 0.6) is 0 Å². The lowest BCUT2D eigenvalue weighted by Gasteiger charge is -2.21. The Labute approximate surface area is 147 Å². The van der Waals surface area contributed by atoms with Crippen molar-refractivity contribution in [2.45, 2.75) is 32.6 Å². The molecule has 0 spiro atoms. The Bertz CT molecular complexity index is 798. The maximum absolute atomic E-state index is 12.9. The van der Waals surface area contributed by atoms with Gasteiger partial charge in [0.1, 0.15) is 0 Å². The number of rotatable bonds is 6. The first-order chi connectivity index (χ1) is 11.6. The molecular weight excluding hydrogens is 322 g/mol. The zero-order valence-corrected chi connectivity index (χ0v) is 14.5. The fraction of sp³-hybridized carbons (Fsp3) is 0.300. The zero-order chi connectivity index (χ0) is 17.1. The van der Waals surface area contributed by atoms with Gasteiger partial charge in [0.15, 0.2) is 11.6 Å². The van der Waals surface area contributed by atoms with Crippen LogP contribution in [0.3, 0.4) is 0 Å². The SMILES string of the molecule is CCCCCCNc1cccc2c1C(=O)c1cc(Cl)ccc1C2=O. The summed E-state index contributed by atoms with van der Waals surface area (Å²) < 4.78 is 0. The average molecular weight is 342 g/mol. The molecule has 0 amide bonds. The Kier molecular flexibility index (Phi) is 5.00. The number of carbonyl (C=O) groups excluding carboxylic acids is 2. The normalized spacial score (nSPS) is 12.8. The van der Waals surface area contributed by atoms with Gasteiger partial charge in [-0.25, -0.2) is 0 Å². The van der Waals surface area contributed by atoms with Crippen LogP contribution in [-0.4, -0.2) is 18.1 Å². The second-order valence-corrected chi connectivity index (χ2v) is 6.50. The molecule has 3 nitrogen and oxygen atoms in total. The van der Waals surface area contributed by atoms with Gasteiger partial charge in [0.25, 0.3) is 0 Å². The van der Waals surface area contributed by atoms with Crippen LogP contribution >= 0.6 is 11.6 Å². The average Bonchev–Trinajstić information content (AvgIpc) is 2.59. The van der Waals surface area contributed by atoms with Crippen LogP contribution in [0.25, 0.3) is 0 Å². The lowest BCUT2D eigenvalue weighted by Crippen LogP contribution is -2.22. The van der Waals surface area contributed by atoms with E-state index in [0.717, 1.165) is 25.1 Å². The van der Waals surface area contributed by atoms with E-state index in [4.69, 9.17) is 11.6 Å². The number of carbonyl (C=O) groups is 2. The number of nitrogens with one attached hydrogen (secondary N) is 1. The molecule has 24 heavy (non-hydrogen) atoms. The van der Waals surface area contributed by atoms with Gasteiger partial charge in [0, 0.05) is 33.9 Å². The van der Waals surface area contributed by atoms with Crippen molar-refractivity contribution in [1.29, 1.82) is 0 Å². The minimum absolute atomic E-state index is 0.120. The zero-order valence-electron chi connectivity index (χ0n) is 13.7. The van der Waals surface area contributed by atoms with Gasteiger partial charge >= 0.3 is 0 Å². The third kappa shape index (κ3) is 3.09. The van der Waals surface area contributed by atoms with Crippen molar-refractivity contribution in [2.75, 3.05) is 11.9 Å². The van der Waals surface area contributed by atoms with E-state index < -0.39 is 0 Å². The molecule has 2 aromatic rings. The first kappa shape index (κ1) is 16.7. The Hall–Kier alpha value is -2.13. The van der Waals surface area contributed by atoms with Gasteiger partial charge in [-0.05, 0) is 30.7 Å². The molecule has 2 aromatic carbocycles. The Morgan fingerprint density at radius 2 is 1.75 bits per heavy atom. The summed E-state index contributed by atoms with van der Waals surface area (Å²) in [6.45, 7) is 2.97. The number of unbranched alkanes of at least 4 members (excludes halogenated alkanes) is 3. The molecule has 0 aromatic heterocycles. The van der Waals surface area contributed by atoms with Crippen molar-refractivity contribution < 1.29 is 9.59 Å². The summed E-state index contributed by atoms with van der Waals surface area (Å²) in [6, 6.07) is 10.3. The van der Waals surface area contributed by atoms with Crippen molar-refractivity contribution in [1.82, 2.24) is 0 Å². The van der Waals surface area contributed by atoms with E-state index in [2.05, 4.69) is 12.2 Å². The molecule has 1 N–H and O–H groups in total. The van der Waals surface area contributed by atoms with Crippen LogP contribution in [0.1, 0.15) is 64.4 Å². The molecule has 0 bridgehead atoms. The molecule has 124 valence electrons. The van der Waals surface area contributed by atoms with Crippen molar-refractivity contribution in [3.05, 3.63) is 63.7 Å². The van der Waals surface area contributed by atoms with Crippen LogP contribution in [0.4, 0.5) is 5.69 Å². The predicted molar refractivity (Wildman–Crippen MR) is 97.4 cm³/mol. The molecule has 0 saturated carbocycles. The number of ketones is 2. The molecule has 1 aliphatic carbocycles. The molecular formula is C20H20ClNO2. The van der Waals surface area contributed by atoms with Gasteiger partial charge in [-0.3, -0.25) is 9.59 Å². The van der Waals surface area contributed by atoms with Crippen LogP contribution in [0.2, 0.25) is 5.02 Å². The summed E-state index contributed by atoms with van der Waals surface area (Å²) in [5, 5.41) is 3.78. The number of benzene rings is 2. The van der Waals surface area contributed by atoms with E-state index in [9.17, 15) is 9.59 Å². The Balaban J connectivity index is 1.91. The number of halogens is 1. The lowest BCUT2D eigenvalue weighted by molar-refractivity contribution is 0.0979. The molecule has 0 atom stereocenters. The Morgan fingerprint density at radius 1 is 0.917 bits per heavy atom. The molecule has 0 aliphatic heterocycles. The predicted octanol–water partition coefficient (Wildman–Crippen LogP) is 5.11. The van der Waals surface area contributed by atoms with Gasteiger partial charge in [0.05, 0.1) is 5.56 Å². The van der Waals surface area contributed by atoms with E-state index in [-0.39, 0.29) is 11.6 Å². The first-order valence-corrected chi connectivity index (χ1v) is 8.77. The molecule has 3 rings (SSSR count). The second kappa shape index (κ2) is 7.18. The van der Waals surface area contributed by atoms with E-state index in [1.54, 1.807) is 24.3 Å². The molecule has 4 heteroatoms. The third-order valence-corrected chi connectivity index (χ3v) is 4.59. The second-order valence-electron chi connectivity index (χ2n) is 6.06. The van der Waals surface area contributed by atoms with Crippen LogP contribution < -0.4 is 5.32 Å². The fourth-order valence-electron chi connectivity index (χ4n) is 3.09. The summed E-state index contributed by atoms with van der Waals surface area (Å²) in [5.41, 5.74) is 2.48. The number of fused-ring (bicyclic) bond motifs is 2. The quantitative estimate of drug-likeness (QED) is 0.634. The van der Waals surface area contributed by atoms with Crippen molar-refractivity contribution in [3.8, 4) is 0 Å². The summed E-state index contributed by atoms with van der Waals surface area (Å²) in [4.78, 5) is 25.6. The van der Waals surface area contributed by atoms with Crippen LogP contribution in [-0.2, 0) is 0 Å². The van der Waals surface area contributed by atoms with Gasteiger partial charge in [-0.2, -0.15) is 0 Å². The number of hydrogen-bond acceptors (Lipinski definition) is 3. The highest BCUT2D eigenvalue weighted by atomic mass is 35.5. The van der Waals surface area contributed by atoms with Crippen LogP contribution in [0, 0.1) is 0 Å². The van der Waals surface area contributed by atoms with Crippen molar-refractivity contribution in [3.63, 3.8) is 0 Å². The van der Waals surface area contributed by atoms with Gasteiger partial charge < -0.3 is 5.32 Å². The smallest absolute Gasteiger partial charge is 0.196 e. The lowest BCUT2D eigenvalue weighted by atomic mass is 9.83. The number of hydrogen-bond donors (Lipinski definition) is 1. The summed E-state index contributed by atoms with van der Waals surface area (Å²) in [5.74, 6) is -0.260. The topological polar surface area (TPSA) is 46.2 Å². The summed E-state index contributed by atoms with van der Waals surface area (Å²) >= 11 is 6.01. The minimum atomic E-state index is -0.140.